The van der Waals surface area contributed by atoms with E-state index < -0.39 is 0 Å². The summed E-state index contributed by atoms with van der Waals surface area (Å²) in [4.78, 5) is 23.8. The van der Waals surface area contributed by atoms with E-state index in [1.165, 1.54) is 0 Å². The van der Waals surface area contributed by atoms with Crippen molar-refractivity contribution in [2.24, 2.45) is 5.92 Å². The van der Waals surface area contributed by atoms with Crippen LogP contribution in [0.15, 0.2) is 65.5 Å². The maximum Gasteiger partial charge on any atom is 0.195 e. The largest absolute Gasteiger partial charge is 0.461 e. The van der Waals surface area contributed by atoms with Crippen molar-refractivity contribution in [3.63, 3.8) is 0 Å². The number of carbonyl (C=O) groups is 1. The lowest BCUT2D eigenvalue weighted by atomic mass is 9.90. The highest BCUT2D eigenvalue weighted by atomic mass is 16.3. The van der Waals surface area contributed by atoms with E-state index in [4.69, 9.17) is 4.42 Å². The monoisotopic (exact) mass is 361 g/mol. The zero-order chi connectivity index (χ0) is 18.5. The van der Waals surface area contributed by atoms with Gasteiger partial charge in [-0.05, 0) is 37.1 Å². The second-order valence-corrected chi connectivity index (χ2v) is 7.10. The quantitative estimate of drug-likeness (QED) is 0.669. The third-order valence-corrected chi connectivity index (χ3v) is 5.04. The number of benzene rings is 1. The molecule has 3 heterocycles. The summed E-state index contributed by atoms with van der Waals surface area (Å²) in [5.74, 6) is 1.72. The number of aromatic nitrogens is 2. The van der Waals surface area contributed by atoms with Gasteiger partial charge < -0.3 is 4.42 Å². The molecule has 5 heteroatoms. The average Bonchev–Trinajstić information content (AvgIpc) is 3.24. The molecule has 1 saturated heterocycles. The molecule has 1 fully saturated rings. The van der Waals surface area contributed by atoms with Gasteiger partial charge in [0.2, 0.25) is 0 Å². The Morgan fingerprint density at radius 2 is 1.89 bits per heavy atom. The standard InChI is InChI=1S/C22H23N3O2/c26-20(12-17-6-2-1-3-7-17)19-8-4-10-25(16-19)15-18-13-23-22(24-14-18)21-9-5-11-27-21/h1-3,5-7,9,11,13-14,19H,4,8,10,12,15-16H2. The predicted molar refractivity (Wildman–Crippen MR) is 103 cm³/mol. The molecule has 2 aromatic heterocycles. The van der Waals surface area contributed by atoms with E-state index in [-0.39, 0.29) is 5.92 Å². The number of hydrogen-bond acceptors (Lipinski definition) is 5. The summed E-state index contributed by atoms with van der Waals surface area (Å²) in [6.07, 6.45) is 7.88. The molecule has 138 valence electrons. The van der Waals surface area contributed by atoms with Crippen molar-refractivity contribution in [3.8, 4) is 11.6 Å². The molecular weight excluding hydrogens is 338 g/mol. The molecule has 1 aromatic carbocycles. The molecule has 0 N–H and O–H groups in total. The van der Waals surface area contributed by atoms with E-state index in [1.807, 2.05) is 54.9 Å². The van der Waals surface area contributed by atoms with Gasteiger partial charge in [-0.15, -0.1) is 0 Å². The van der Waals surface area contributed by atoms with Crippen molar-refractivity contribution < 1.29 is 9.21 Å². The van der Waals surface area contributed by atoms with Gasteiger partial charge >= 0.3 is 0 Å². The highest BCUT2D eigenvalue weighted by Crippen LogP contribution is 2.21. The summed E-state index contributed by atoms with van der Waals surface area (Å²) in [5, 5.41) is 0. The van der Waals surface area contributed by atoms with Crippen LogP contribution in [0.5, 0.6) is 0 Å². The van der Waals surface area contributed by atoms with Crippen LogP contribution in [0.1, 0.15) is 24.0 Å². The number of Topliss-reactive ketones (excluding diaryl/α,β-unsaturated/α-hetero) is 1. The molecule has 0 amide bonds. The van der Waals surface area contributed by atoms with Gasteiger partial charge in [0.25, 0.3) is 0 Å². The third-order valence-electron chi connectivity index (χ3n) is 5.04. The molecule has 0 bridgehead atoms. The molecule has 0 saturated carbocycles. The van der Waals surface area contributed by atoms with Crippen molar-refractivity contribution in [3.05, 3.63) is 72.2 Å². The Balaban J connectivity index is 1.35. The van der Waals surface area contributed by atoms with Crippen LogP contribution >= 0.6 is 0 Å². The Bertz CT molecular complexity index is 860. The van der Waals surface area contributed by atoms with Crippen LogP contribution in [0.3, 0.4) is 0 Å². The van der Waals surface area contributed by atoms with Gasteiger partial charge in [0.05, 0.1) is 6.26 Å². The molecule has 3 aromatic rings. The van der Waals surface area contributed by atoms with Crippen molar-refractivity contribution >= 4 is 5.78 Å². The molecule has 1 atom stereocenters. The Labute approximate surface area is 159 Å². The number of carbonyl (C=O) groups excluding carboxylic acids is 1. The highest BCUT2D eigenvalue weighted by Gasteiger charge is 2.25. The van der Waals surface area contributed by atoms with Crippen LogP contribution in [0.25, 0.3) is 11.6 Å². The lowest BCUT2D eigenvalue weighted by molar-refractivity contribution is -0.123. The van der Waals surface area contributed by atoms with Crippen molar-refractivity contribution in [2.75, 3.05) is 13.1 Å². The molecule has 4 rings (SSSR count). The molecule has 27 heavy (non-hydrogen) atoms. The molecule has 0 radical (unpaired) electrons. The highest BCUT2D eigenvalue weighted by molar-refractivity contribution is 5.83. The van der Waals surface area contributed by atoms with E-state index in [0.29, 0.717) is 23.8 Å². The van der Waals surface area contributed by atoms with Crippen LogP contribution < -0.4 is 0 Å². The fourth-order valence-corrected chi connectivity index (χ4v) is 3.63. The summed E-state index contributed by atoms with van der Waals surface area (Å²) < 4.78 is 5.33. The van der Waals surface area contributed by atoms with Crippen molar-refractivity contribution in [2.45, 2.75) is 25.8 Å². The first-order valence-electron chi connectivity index (χ1n) is 9.42. The number of hydrogen-bond donors (Lipinski definition) is 0. The first kappa shape index (κ1) is 17.6. The number of ketones is 1. The van der Waals surface area contributed by atoms with E-state index in [9.17, 15) is 4.79 Å². The van der Waals surface area contributed by atoms with Crippen molar-refractivity contribution in [1.82, 2.24) is 14.9 Å². The fraction of sp³-hybridized carbons (Fsp3) is 0.318. The van der Waals surface area contributed by atoms with Gasteiger partial charge in [0.15, 0.2) is 11.6 Å². The van der Waals surface area contributed by atoms with E-state index in [0.717, 1.165) is 43.6 Å². The van der Waals surface area contributed by atoms with Crippen LogP contribution in [-0.4, -0.2) is 33.7 Å². The molecule has 1 aliphatic rings. The van der Waals surface area contributed by atoms with Gasteiger partial charge in [-0.2, -0.15) is 0 Å². The Morgan fingerprint density at radius 3 is 2.63 bits per heavy atom. The van der Waals surface area contributed by atoms with Gasteiger partial charge in [0, 0.05) is 43.4 Å². The SMILES string of the molecule is O=C(Cc1ccccc1)C1CCCN(Cc2cnc(-c3ccco3)nc2)C1. The minimum atomic E-state index is 0.113. The number of piperidine rings is 1. The van der Waals surface area contributed by atoms with Gasteiger partial charge in [-0.3, -0.25) is 9.69 Å². The summed E-state index contributed by atoms with van der Waals surface area (Å²) in [5.41, 5.74) is 2.16. The maximum absolute atomic E-state index is 12.7. The van der Waals surface area contributed by atoms with Crippen LogP contribution in [0, 0.1) is 5.92 Å². The normalized spacial score (nSPS) is 17.7. The van der Waals surface area contributed by atoms with E-state index in [2.05, 4.69) is 14.9 Å². The number of furan rings is 1. The molecule has 1 aliphatic heterocycles. The zero-order valence-electron chi connectivity index (χ0n) is 15.3. The molecular formula is C22H23N3O2. The Hall–Kier alpha value is -2.79. The zero-order valence-corrected chi connectivity index (χ0v) is 15.3. The number of rotatable bonds is 6. The number of nitrogens with zero attached hydrogens (tertiary/aromatic N) is 3. The summed E-state index contributed by atoms with van der Waals surface area (Å²) in [7, 11) is 0. The second-order valence-electron chi connectivity index (χ2n) is 7.10. The number of likely N-dealkylation sites (tertiary alicyclic amines) is 1. The minimum absolute atomic E-state index is 0.113. The third kappa shape index (κ3) is 4.49. The van der Waals surface area contributed by atoms with Crippen molar-refractivity contribution in [1.29, 1.82) is 0 Å². The smallest absolute Gasteiger partial charge is 0.195 e. The Morgan fingerprint density at radius 1 is 1.07 bits per heavy atom. The first-order chi connectivity index (χ1) is 13.3. The van der Waals surface area contributed by atoms with Crippen LogP contribution in [0.2, 0.25) is 0 Å². The van der Waals surface area contributed by atoms with E-state index in [1.54, 1.807) is 6.26 Å². The van der Waals surface area contributed by atoms with Gasteiger partial charge in [0.1, 0.15) is 5.78 Å². The van der Waals surface area contributed by atoms with E-state index >= 15 is 0 Å². The topological polar surface area (TPSA) is 59.2 Å². The van der Waals surface area contributed by atoms with Gasteiger partial charge in [-0.1, -0.05) is 30.3 Å². The maximum atomic E-state index is 12.7. The molecule has 0 aliphatic carbocycles. The lowest BCUT2D eigenvalue weighted by Gasteiger charge is -2.31. The summed E-state index contributed by atoms with van der Waals surface area (Å²) in [6.45, 7) is 2.59. The fourth-order valence-electron chi connectivity index (χ4n) is 3.63. The average molecular weight is 361 g/mol. The Kier molecular flexibility index (Phi) is 5.39. The first-order valence-corrected chi connectivity index (χ1v) is 9.42. The van der Waals surface area contributed by atoms with Gasteiger partial charge in [-0.25, -0.2) is 9.97 Å². The molecule has 5 nitrogen and oxygen atoms in total. The van der Waals surface area contributed by atoms with Crippen LogP contribution in [-0.2, 0) is 17.8 Å². The summed E-state index contributed by atoms with van der Waals surface area (Å²) >= 11 is 0. The molecule has 0 spiro atoms. The predicted octanol–water partition coefficient (Wildman–Crippen LogP) is 3.76. The lowest BCUT2D eigenvalue weighted by Crippen LogP contribution is -2.38. The summed E-state index contributed by atoms with van der Waals surface area (Å²) in [6, 6.07) is 13.7. The minimum Gasteiger partial charge on any atom is -0.461 e. The molecule has 1 unspecified atom stereocenters. The van der Waals surface area contributed by atoms with Crippen LogP contribution in [0.4, 0.5) is 0 Å². The second kappa shape index (κ2) is 8.27.